The number of hydrogen-bond acceptors (Lipinski definition) is 2. The molecule has 0 atom stereocenters. The van der Waals surface area contributed by atoms with Gasteiger partial charge in [-0.25, -0.2) is 4.79 Å². The van der Waals surface area contributed by atoms with Crippen molar-refractivity contribution in [2.45, 2.75) is 33.2 Å². The van der Waals surface area contributed by atoms with Gasteiger partial charge in [-0.2, -0.15) is 0 Å². The zero-order valence-corrected chi connectivity index (χ0v) is 12.9. The van der Waals surface area contributed by atoms with Crippen LogP contribution in [0.1, 0.15) is 35.5 Å². The molecule has 2 aromatic rings. The molecule has 0 aliphatic rings. The number of aryl methyl sites for hydroxylation is 2. The molecule has 0 saturated carbocycles. The molecule has 0 saturated heterocycles. The van der Waals surface area contributed by atoms with Gasteiger partial charge in [0.1, 0.15) is 11.2 Å². The second-order valence-corrected chi connectivity index (χ2v) is 5.95. The van der Waals surface area contributed by atoms with Crippen LogP contribution in [0.3, 0.4) is 0 Å². The molecule has 1 aromatic carbocycles. The van der Waals surface area contributed by atoms with E-state index in [1.165, 1.54) is 25.8 Å². The molecule has 0 bridgehead atoms. The van der Waals surface area contributed by atoms with Crippen LogP contribution in [0.2, 0.25) is 0 Å². The fourth-order valence-corrected chi connectivity index (χ4v) is 2.29. The van der Waals surface area contributed by atoms with Crippen molar-refractivity contribution in [3.63, 3.8) is 0 Å². The van der Waals surface area contributed by atoms with Crippen molar-refractivity contribution in [3.05, 3.63) is 35.0 Å². The molecule has 2 rings (SSSR count). The predicted octanol–water partition coefficient (Wildman–Crippen LogP) is 2.72. The Labute approximate surface area is 123 Å². The van der Waals surface area contributed by atoms with Crippen LogP contribution in [0.5, 0.6) is 0 Å². The van der Waals surface area contributed by atoms with Gasteiger partial charge in [-0.1, -0.05) is 6.07 Å². The normalized spacial score (nSPS) is 11.7. The number of aromatic nitrogens is 1. The number of carboxylic acids is 1. The monoisotopic (exact) mass is 288 g/mol. The van der Waals surface area contributed by atoms with Crippen molar-refractivity contribution in [2.24, 2.45) is 0 Å². The van der Waals surface area contributed by atoms with Crippen LogP contribution >= 0.6 is 0 Å². The lowest BCUT2D eigenvalue weighted by Gasteiger charge is -2.31. The highest BCUT2D eigenvalue weighted by Gasteiger charge is 2.36. The average molecular weight is 288 g/mol. The first-order valence-electron chi connectivity index (χ1n) is 6.76. The molecule has 1 amide bonds. The average Bonchev–Trinajstić information content (AvgIpc) is 2.80. The van der Waals surface area contributed by atoms with E-state index in [1.807, 2.05) is 19.9 Å². The van der Waals surface area contributed by atoms with Crippen LogP contribution in [-0.2, 0) is 4.79 Å². The lowest BCUT2D eigenvalue weighted by molar-refractivity contribution is -0.147. The molecule has 2 N–H and O–H groups in total. The van der Waals surface area contributed by atoms with Crippen LogP contribution < -0.4 is 0 Å². The Morgan fingerprint density at radius 1 is 1.19 bits per heavy atom. The van der Waals surface area contributed by atoms with Gasteiger partial charge in [0.05, 0.1) is 0 Å². The van der Waals surface area contributed by atoms with Crippen LogP contribution in [0.25, 0.3) is 10.9 Å². The lowest BCUT2D eigenvalue weighted by atomic mass is 10.0. The fourth-order valence-electron chi connectivity index (χ4n) is 2.29. The molecule has 0 radical (unpaired) electrons. The first-order chi connectivity index (χ1) is 9.64. The number of nitrogens with zero attached hydrogens (tertiary/aromatic N) is 1. The van der Waals surface area contributed by atoms with E-state index in [2.05, 4.69) is 11.1 Å². The number of nitrogens with one attached hydrogen (secondary N) is 1. The van der Waals surface area contributed by atoms with E-state index in [4.69, 9.17) is 0 Å². The third-order valence-corrected chi connectivity index (χ3v) is 3.99. The number of likely N-dealkylation sites (N-methyl/N-ethyl adjacent to an activating group) is 1. The molecular weight excluding hydrogens is 268 g/mol. The van der Waals surface area contributed by atoms with Gasteiger partial charge in [0.25, 0.3) is 5.91 Å². The van der Waals surface area contributed by atoms with Crippen LogP contribution in [0.4, 0.5) is 0 Å². The van der Waals surface area contributed by atoms with E-state index in [0.29, 0.717) is 5.69 Å². The summed E-state index contributed by atoms with van der Waals surface area (Å²) in [5.41, 5.74) is 2.22. The summed E-state index contributed by atoms with van der Waals surface area (Å²) < 4.78 is 0. The Morgan fingerprint density at radius 2 is 1.81 bits per heavy atom. The van der Waals surface area contributed by atoms with E-state index >= 15 is 0 Å². The second kappa shape index (κ2) is 4.91. The molecule has 112 valence electrons. The maximum atomic E-state index is 12.5. The number of rotatable bonds is 3. The lowest BCUT2D eigenvalue weighted by Crippen LogP contribution is -2.50. The third-order valence-electron chi connectivity index (χ3n) is 3.99. The summed E-state index contributed by atoms with van der Waals surface area (Å²) in [5.74, 6) is -1.38. The Morgan fingerprint density at radius 3 is 2.38 bits per heavy atom. The molecule has 5 heteroatoms. The van der Waals surface area contributed by atoms with Gasteiger partial charge < -0.3 is 15.0 Å². The Hall–Kier alpha value is -2.30. The Balaban J connectivity index is 2.45. The molecule has 5 nitrogen and oxygen atoms in total. The highest BCUT2D eigenvalue weighted by molar-refractivity contribution is 6.00. The molecular formula is C16H20N2O3. The maximum absolute atomic E-state index is 12.5. The van der Waals surface area contributed by atoms with Gasteiger partial charge in [0.2, 0.25) is 0 Å². The molecule has 21 heavy (non-hydrogen) atoms. The molecule has 0 unspecified atom stereocenters. The summed E-state index contributed by atoms with van der Waals surface area (Å²) in [6.07, 6.45) is 0. The van der Waals surface area contributed by atoms with Crippen LogP contribution in [-0.4, -0.2) is 39.5 Å². The number of carbonyl (C=O) groups excluding carboxylic acids is 1. The highest BCUT2D eigenvalue weighted by atomic mass is 16.4. The zero-order chi connectivity index (χ0) is 15.9. The van der Waals surface area contributed by atoms with Crippen LogP contribution in [0.15, 0.2) is 18.2 Å². The highest BCUT2D eigenvalue weighted by Crippen LogP contribution is 2.23. The summed E-state index contributed by atoms with van der Waals surface area (Å²) >= 11 is 0. The molecule has 1 aromatic heterocycles. The standard InChI is InChI=1S/C16H20N2O3/c1-9-6-10(2)11-8-13(17-12(11)7-9)14(19)18(5)16(3,4)15(20)21/h6-8,17H,1-5H3,(H,20,21). The van der Waals surface area contributed by atoms with Crippen molar-refractivity contribution < 1.29 is 14.7 Å². The maximum Gasteiger partial charge on any atom is 0.329 e. The molecule has 1 heterocycles. The summed E-state index contributed by atoms with van der Waals surface area (Å²) in [6, 6.07) is 5.80. The van der Waals surface area contributed by atoms with Gasteiger partial charge in [0.15, 0.2) is 0 Å². The minimum absolute atomic E-state index is 0.337. The number of aromatic amines is 1. The fraction of sp³-hybridized carbons (Fsp3) is 0.375. The smallest absolute Gasteiger partial charge is 0.329 e. The van der Waals surface area contributed by atoms with Crippen molar-refractivity contribution in [3.8, 4) is 0 Å². The number of aliphatic carboxylic acids is 1. The molecule has 0 fully saturated rings. The first kappa shape index (κ1) is 15.1. The van der Waals surface area contributed by atoms with Crippen molar-refractivity contribution in [1.29, 1.82) is 0 Å². The Bertz CT molecular complexity index is 728. The summed E-state index contributed by atoms with van der Waals surface area (Å²) in [5, 5.41) is 10.2. The number of hydrogen-bond donors (Lipinski definition) is 2. The molecule has 0 aliphatic carbocycles. The summed E-state index contributed by atoms with van der Waals surface area (Å²) in [4.78, 5) is 28.1. The van der Waals surface area contributed by atoms with E-state index < -0.39 is 11.5 Å². The number of amides is 1. The number of fused-ring (bicyclic) bond motifs is 1. The van der Waals surface area contributed by atoms with Crippen molar-refractivity contribution in [2.75, 3.05) is 7.05 Å². The predicted molar refractivity (Wildman–Crippen MR) is 81.6 cm³/mol. The first-order valence-corrected chi connectivity index (χ1v) is 6.76. The van der Waals surface area contributed by atoms with Gasteiger partial charge in [-0.15, -0.1) is 0 Å². The number of carboxylic acid groups (broad SMARTS) is 1. The van der Waals surface area contributed by atoms with Gasteiger partial charge in [-0.05, 0) is 51.0 Å². The third kappa shape index (κ3) is 2.51. The van der Waals surface area contributed by atoms with Gasteiger partial charge in [0, 0.05) is 18.0 Å². The van der Waals surface area contributed by atoms with Gasteiger partial charge in [-0.3, -0.25) is 4.79 Å². The van der Waals surface area contributed by atoms with Crippen molar-refractivity contribution >= 4 is 22.8 Å². The summed E-state index contributed by atoms with van der Waals surface area (Å²) in [7, 11) is 1.50. The summed E-state index contributed by atoms with van der Waals surface area (Å²) in [6.45, 7) is 6.99. The molecule has 0 spiro atoms. The number of benzene rings is 1. The number of H-pyrrole nitrogens is 1. The Kier molecular flexibility index (Phi) is 3.53. The van der Waals surface area contributed by atoms with E-state index in [1.54, 1.807) is 6.07 Å². The zero-order valence-electron chi connectivity index (χ0n) is 12.9. The second-order valence-electron chi connectivity index (χ2n) is 5.95. The molecule has 0 aliphatic heterocycles. The minimum atomic E-state index is -1.26. The minimum Gasteiger partial charge on any atom is -0.480 e. The topological polar surface area (TPSA) is 73.4 Å². The van der Waals surface area contributed by atoms with Gasteiger partial charge >= 0.3 is 5.97 Å². The van der Waals surface area contributed by atoms with Crippen molar-refractivity contribution in [1.82, 2.24) is 9.88 Å². The van der Waals surface area contributed by atoms with E-state index in [9.17, 15) is 14.7 Å². The SMILES string of the molecule is Cc1cc(C)c2cc(C(=O)N(C)C(C)(C)C(=O)O)[nH]c2c1. The largest absolute Gasteiger partial charge is 0.480 e. The van der Waals surface area contributed by atoms with E-state index in [0.717, 1.165) is 22.0 Å². The van der Waals surface area contributed by atoms with E-state index in [-0.39, 0.29) is 5.91 Å². The quantitative estimate of drug-likeness (QED) is 0.912. The number of carbonyl (C=O) groups is 2. The van der Waals surface area contributed by atoms with Crippen LogP contribution in [0, 0.1) is 13.8 Å².